The Morgan fingerprint density at radius 3 is 2.56 bits per heavy atom. The van der Waals surface area contributed by atoms with Crippen LogP contribution >= 0.6 is 12.6 Å². The van der Waals surface area contributed by atoms with Crippen molar-refractivity contribution in [3.63, 3.8) is 0 Å². The van der Waals surface area contributed by atoms with Crippen LogP contribution in [0.2, 0.25) is 0 Å². The molecule has 0 radical (unpaired) electrons. The van der Waals surface area contributed by atoms with E-state index in [1.807, 2.05) is 0 Å². The van der Waals surface area contributed by atoms with Crippen LogP contribution < -0.4 is 0 Å². The van der Waals surface area contributed by atoms with Crippen molar-refractivity contribution in [2.75, 3.05) is 5.75 Å². The van der Waals surface area contributed by atoms with Gasteiger partial charge in [0.05, 0.1) is 0 Å². The highest BCUT2D eigenvalue weighted by Crippen LogP contribution is 2.02. The van der Waals surface area contributed by atoms with E-state index in [4.69, 9.17) is 5.11 Å². The van der Waals surface area contributed by atoms with Gasteiger partial charge < -0.3 is 5.11 Å². The van der Waals surface area contributed by atoms with Gasteiger partial charge in [-0.2, -0.15) is 12.6 Å². The molecule has 0 aliphatic heterocycles. The van der Waals surface area contributed by atoms with Crippen LogP contribution in [0.25, 0.3) is 0 Å². The number of aliphatic carboxylic acids is 1. The molecule has 1 N–H and O–H groups in total. The van der Waals surface area contributed by atoms with Crippen LogP contribution in [-0.2, 0) is 4.79 Å². The molecule has 0 amide bonds. The summed E-state index contributed by atoms with van der Waals surface area (Å²) in [4.78, 5) is 10.1. The summed E-state index contributed by atoms with van der Waals surface area (Å²) in [6.07, 6.45) is 1.33. The van der Waals surface area contributed by atoms with Crippen LogP contribution in [-0.4, -0.2) is 16.8 Å². The Balaban J connectivity index is 3.39. The maximum Gasteiger partial charge on any atom is 0.330 e. The summed E-state index contributed by atoms with van der Waals surface area (Å²) in [5.41, 5.74) is 0.268. The average molecular weight is 146 g/mol. The second-order valence-corrected chi connectivity index (χ2v) is 2.18. The van der Waals surface area contributed by atoms with E-state index in [1.54, 1.807) is 0 Å². The van der Waals surface area contributed by atoms with Crippen LogP contribution in [0.3, 0.4) is 0 Å². The first kappa shape index (κ1) is 8.56. The predicted molar refractivity (Wildman–Crippen MR) is 39.9 cm³/mol. The zero-order valence-corrected chi connectivity index (χ0v) is 6.03. The van der Waals surface area contributed by atoms with E-state index in [9.17, 15) is 4.79 Å². The fourth-order valence-corrected chi connectivity index (χ4v) is 0.557. The third kappa shape index (κ3) is 4.09. The molecule has 0 atom stereocenters. The highest BCUT2D eigenvalue weighted by atomic mass is 32.1. The van der Waals surface area contributed by atoms with E-state index >= 15 is 0 Å². The minimum atomic E-state index is -0.906. The van der Waals surface area contributed by atoms with Crippen molar-refractivity contribution in [2.45, 2.75) is 12.8 Å². The fourth-order valence-electron chi connectivity index (χ4n) is 0.399. The molecule has 0 bridgehead atoms. The summed E-state index contributed by atoms with van der Waals surface area (Å²) >= 11 is 3.93. The summed E-state index contributed by atoms with van der Waals surface area (Å²) in [6, 6.07) is 0. The quantitative estimate of drug-likeness (QED) is 0.464. The summed E-state index contributed by atoms with van der Waals surface area (Å²) in [5.74, 6) is -0.191. The zero-order chi connectivity index (χ0) is 7.28. The van der Waals surface area contributed by atoms with Crippen molar-refractivity contribution >= 4 is 18.6 Å². The summed E-state index contributed by atoms with van der Waals surface area (Å²) < 4.78 is 0. The van der Waals surface area contributed by atoms with Gasteiger partial charge in [-0.15, -0.1) is 0 Å². The lowest BCUT2D eigenvalue weighted by Crippen LogP contribution is -1.98. The van der Waals surface area contributed by atoms with Crippen molar-refractivity contribution in [2.24, 2.45) is 0 Å². The van der Waals surface area contributed by atoms with E-state index in [0.29, 0.717) is 12.2 Å². The van der Waals surface area contributed by atoms with E-state index in [1.165, 1.54) is 0 Å². The zero-order valence-electron chi connectivity index (χ0n) is 5.13. The van der Waals surface area contributed by atoms with Crippen molar-refractivity contribution < 1.29 is 9.90 Å². The highest BCUT2D eigenvalue weighted by molar-refractivity contribution is 7.80. The third-order valence-corrected chi connectivity index (χ3v) is 1.26. The second-order valence-electron chi connectivity index (χ2n) is 1.74. The van der Waals surface area contributed by atoms with Crippen molar-refractivity contribution in [3.05, 3.63) is 12.2 Å². The summed E-state index contributed by atoms with van der Waals surface area (Å²) in [5, 5.41) is 8.28. The van der Waals surface area contributed by atoms with Gasteiger partial charge in [0.15, 0.2) is 0 Å². The molecular formula is C6H10O2S. The molecule has 9 heavy (non-hydrogen) atoms. The van der Waals surface area contributed by atoms with Gasteiger partial charge in [-0.25, -0.2) is 4.79 Å². The second kappa shape index (κ2) is 4.44. The van der Waals surface area contributed by atoms with Gasteiger partial charge in [0.1, 0.15) is 0 Å². The van der Waals surface area contributed by atoms with Gasteiger partial charge in [0, 0.05) is 5.57 Å². The first-order valence-corrected chi connectivity index (χ1v) is 3.33. The van der Waals surface area contributed by atoms with Gasteiger partial charge in [0.25, 0.3) is 0 Å². The minimum absolute atomic E-state index is 0.268. The van der Waals surface area contributed by atoms with Gasteiger partial charge in [-0.05, 0) is 18.6 Å². The molecule has 52 valence electrons. The molecule has 0 fully saturated rings. The SMILES string of the molecule is C=C(CCCS)C(=O)O. The maximum atomic E-state index is 10.1. The molecular weight excluding hydrogens is 136 g/mol. The number of carboxylic acids is 1. The van der Waals surface area contributed by atoms with Gasteiger partial charge >= 0.3 is 5.97 Å². The highest BCUT2D eigenvalue weighted by Gasteiger charge is 2.00. The first-order chi connectivity index (χ1) is 4.18. The molecule has 0 aromatic rings. The monoisotopic (exact) mass is 146 g/mol. The fraction of sp³-hybridized carbons (Fsp3) is 0.500. The molecule has 3 heteroatoms. The van der Waals surface area contributed by atoms with Crippen molar-refractivity contribution in [1.82, 2.24) is 0 Å². The summed E-state index contributed by atoms with van der Waals surface area (Å²) in [6.45, 7) is 3.36. The van der Waals surface area contributed by atoms with Crippen LogP contribution in [0, 0.1) is 0 Å². The Morgan fingerprint density at radius 2 is 2.22 bits per heavy atom. The molecule has 0 aliphatic carbocycles. The largest absolute Gasteiger partial charge is 0.478 e. The average Bonchev–Trinajstić information content (AvgIpc) is 1.82. The number of carboxylic acid groups (broad SMARTS) is 1. The molecule has 0 heterocycles. The molecule has 0 saturated heterocycles. The molecule has 0 aliphatic rings. The van der Waals surface area contributed by atoms with Crippen molar-refractivity contribution in [3.8, 4) is 0 Å². The Kier molecular flexibility index (Phi) is 4.22. The molecule has 0 spiro atoms. The molecule has 0 aromatic heterocycles. The van der Waals surface area contributed by atoms with Gasteiger partial charge in [-0.1, -0.05) is 6.58 Å². The van der Waals surface area contributed by atoms with E-state index in [-0.39, 0.29) is 5.57 Å². The molecule has 2 nitrogen and oxygen atoms in total. The standard InChI is InChI=1S/C6H10O2S/c1-5(6(7)8)3-2-4-9/h9H,1-4H2,(H,7,8). The maximum absolute atomic E-state index is 10.1. The number of hydrogen-bond donors (Lipinski definition) is 2. The Morgan fingerprint density at radius 1 is 1.67 bits per heavy atom. The minimum Gasteiger partial charge on any atom is -0.478 e. The smallest absolute Gasteiger partial charge is 0.330 e. The predicted octanol–water partition coefficient (Wildman–Crippen LogP) is 1.34. The lowest BCUT2D eigenvalue weighted by atomic mass is 10.2. The van der Waals surface area contributed by atoms with Gasteiger partial charge in [0.2, 0.25) is 0 Å². The van der Waals surface area contributed by atoms with Crippen LogP contribution in [0.1, 0.15) is 12.8 Å². The van der Waals surface area contributed by atoms with Crippen LogP contribution in [0.15, 0.2) is 12.2 Å². The first-order valence-electron chi connectivity index (χ1n) is 2.70. The number of thiol groups is 1. The van der Waals surface area contributed by atoms with E-state index in [0.717, 1.165) is 6.42 Å². The Labute approximate surface area is 60.0 Å². The van der Waals surface area contributed by atoms with E-state index in [2.05, 4.69) is 19.2 Å². The Hall–Kier alpha value is -0.440. The molecule has 0 aromatic carbocycles. The van der Waals surface area contributed by atoms with Crippen LogP contribution in [0.4, 0.5) is 0 Å². The molecule has 0 unspecified atom stereocenters. The lowest BCUT2D eigenvalue weighted by molar-refractivity contribution is -0.132. The summed E-state index contributed by atoms with van der Waals surface area (Å²) in [7, 11) is 0. The topological polar surface area (TPSA) is 37.3 Å². The Bertz CT molecular complexity index is 120. The molecule has 0 saturated carbocycles. The van der Waals surface area contributed by atoms with Crippen molar-refractivity contribution in [1.29, 1.82) is 0 Å². The number of carbonyl (C=O) groups is 1. The molecule has 0 rings (SSSR count). The van der Waals surface area contributed by atoms with Crippen LogP contribution in [0.5, 0.6) is 0 Å². The normalized spacial score (nSPS) is 9.00. The number of rotatable bonds is 4. The van der Waals surface area contributed by atoms with E-state index < -0.39 is 5.97 Å². The van der Waals surface area contributed by atoms with Gasteiger partial charge in [-0.3, -0.25) is 0 Å². The lowest BCUT2D eigenvalue weighted by Gasteiger charge is -1.94. The third-order valence-electron chi connectivity index (χ3n) is 0.939. The number of hydrogen-bond acceptors (Lipinski definition) is 2.